The maximum absolute atomic E-state index is 6.57. The summed E-state index contributed by atoms with van der Waals surface area (Å²) in [7, 11) is 1.66. The lowest BCUT2D eigenvalue weighted by atomic mass is 10.1. The molecule has 0 fully saturated rings. The van der Waals surface area contributed by atoms with Crippen molar-refractivity contribution < 1.29 is 4.74 Å². The predicted octanol–water partition coefficient (Wildman–Crippen LogP) is 5.45. The Morgan fingerprint density at radius 1 is 0.864 bits per heavy atom. The van der Waals surface area contributed by atoms with Gasteiger partial charge in [-0.15, -0.1) is 0 Å². The summed E-state index contributed by atoms with van der Waals surface area (Å²) in [6.07, 6.45) is 0. The highest BCUT2D eigenvalue weighted by molar-refractivity contribution is 6.36. The molecule has 0 radical (unpaired) electrons. The van der Waals surface area contributed by atoms with E-state index in [1.165, 1.54) is 5.39 Å². The molecule has 3 heteroatoms. The number of halogens is 1. The van der Waals surface area contributed by atoms with Crippen molar-refractivity contribution in [3.8, 4) is 11.4 Å². The number of hydrogen-bond acceptors (Lipinski definition) is 1. The molecule has 0 bridgehead atoms. The lowest BCUT2D eigenvalue weighted by Crippen LogP contribution is -1.93. The van der Waals surface area contributed by atoms with Gasteiger partial charge in [-0.25, -0.2) is 0 Å². The van der Waals surface area contributed by atoms with Crippen LogP contribution in [0.4, 0.5) is 0 Å². The van der Waals surface area contributed by atoms with Gasteiger partial charge in [0.05, 0.1) is 23.2 Å². The second kappa shape index (κ2) is 5.08. The highest BCUT2D eigenvalue weighted by Gasteiger charge is 2.15. The van der Waals surface area contributed by atoms with E-state index < -0.39 is 0 Å². The minimum absolute atomic E-state index is 0.689. The molecule has 0 saturated carbocycles. The first-order chi connectivity index (χ1) is 10.8. The number of aromatic nitrogens is 1. The van der Waals surface area contributed by atoms with Crippen LogP contribution in [0.15, 0.2) is 66.7 Å². The fraction of sp³-hybridized carbons (Fsp3) is 0.0526. The third-order valence-corrected chi connectivity index (χ3v) is 4.23. The zero-order valence-electron chi connectivity index (χ0n) is 12.1. The van der Waals surface area contributed by atoms with Crippen molar-refractivity contribution in [2.45, 2.75) is 0 Å². The molecule has 3 aromatic carbocycles. The molecule has 1 heterocycles. The van der Waals surface area contributed by atoms with Gasteiger partial charge in [0.1, 0.15) is 5.75 Å². The fourth-order valence-corrected chi connectivity index (χ4v) is 3.28. The Bertz CT molecular complexity index is 973. The van der Waals surface area contributed by atoms with Gasteiger partial charge in [-0.1, -0.05) is 48.0 Å². The number of rotatable bonds is 2. The zero-order valence-corrected chi connectivity index (χ0v) is 12.8. The number of para-hydroxylation sites is 2. The second-order valence-electron chi connectivity index (χ2n) is 5.19. The fourth-order valence-electron chi connectivity index (χ4n) is 2.99. The molecule has 1 aromatic heterocycles. The van der Waals surface area contributed by atoms with Crippen LogP contribution in [0, 0.1) is 0 Å². The molecule has 0 amide bonds. The Labute approximate surface area is 133 Å². The number of nitrogens with zero attached hydrogens (tertiary/aromatic N) is 1. The number of fused-ring (bicyclic) bond motifs is 3. The molecule has 108 valence electrons. The standard InChI is InChI=1S/C19H14ClNO/c1-22-14-11-16-15-9-5-6-10-18(15)21(19(16)17(20)12-14)13-7-3-2-4-8-13/h2-12H,1H3. The summed E-state index contributed by atoms with van der Waals surface area (Å²) in [6.45, 7) is 0. The quantitative estimate of drug-likeness (QED) is 0.480. The van der Waals surface area contributed by atoms with E-state index in [9.17, 15) is 0 Å². The predicted molar refractivity (Wildman–Crippen MR) is 92.3 cm³/mol. The largest absolute Gasteiger partial charge is 0.497 e. The van der Waals surface area contributed by atoms with Gasteiger partial charge < -0.3 is 9.30 Å². The lowest BCUT2D eigenvalue weighted by Gasteiger charge is -2.09. The molecule has 0 aliphatic rings. The summed E-state index contributed by atoms with van der Waals surface area (Å²) < 4.78 is 7.57. The summed E-state index contributed by atoms with van der Waals surface area (Å²) in [6, 6.07) is 22.5. The van der Waals surface area contributed by atoms with Crippen LogP contribution < -0.4 is 4.74 Å². The first-order valence-corrected chi connectivity index (χ1v) is 7.49. The van der Waals surface area contributed by atoms with Gasteiger partial charge >= 0.3 is 0 Å². The highest BCUT2D eigenvalue weighted by Crippen LogP contribution is 2.38. The van der Waals surface area contributed by atoms with E-state index in [0.29, 0.717) is 5.02 Å². The normalized spacial score (nSPS) is 11.2. The number of ether oxygens (including phenoxy) is 1. The number of hydrogen-bond donors (Lipinski definition) is 0. The minimum atomic E-state index is 0.689. The Balaban J connectivity index is 2.23. The van der Waals surface area contributed by atoms with Gasteiger partial charge in [0.2, 0.25) is 0 Å². The van der Waals surface area contributed by atoms with Gasteiger partial charge in [-0.05, 0) is 24.3 Å². The molecule has 22 heavy (non-hydrogen) atoms. The molecule has 0 unspecified atom stereocenters. The van der Waals surface area contributed by atoms with Crippen molar-refractivity contribution in [3.05, 3.63) is 71.8 Å². The van der Waals surface area contributed by atoms with Crippen LogP contribution in [0.25, 0.3) is 27.5 Å². The molecular weight excluding hydrogens is 294 g/mol. The van der Waals surface area contributed by atoms with Crippen molar-refractivity contribution >= 4 is 33.4 Å². The average molecular weight is 308 g/mol. The highest BCUT2D eigenvalue weighted by atomic mass is 35.5. The van der Waals surface area contributed by atoms with Gasteiger partial charge in [-0.3, -0.25) is 0 Å². The van der Waals surface area contributed by atoms with E-state index in [1.807, 2.05) is 42.5 Å². The van der Waals surface area contributed by atoms with Crippen LogP contribution in [-0.4, -0.2) is 11.7 Å². The first kappa shape index (κ1) is 13.2. The van der Waals surface area contributed by atoms with Gasteiger partial charge in [0, 0.05) is 22.5 Å². The van der Waals surface area contributed by atoms with Crippen molar-refractivity contribution in [1.82, 2.24) is 4.57 Å². The van der Waals surface area contributed by atoms with E-state index in [1.54, 1.807) is 7.11 Å². The maximum Gasteiger partial charge on any atom is 0.121 e. The summed E-state index contributed by atoms with van der Waals surface area (Å²) >= 11 is 6.57. The van der Waals surface area contributed by atoms with Crippen LogP contribution in [0.2, 0.25) is 5.02 Å². The zero-order chi connectivity index (χ0) is 15.1. The van der Waals surface area contributed by atoms with E-state index in [-0.39, 0.29) is 0 Å². The molecule has 0 saturated heterocycles. The molecule has 0 spiro atoms. The number of methoxy groups -OCH3 is 1. The molecule has 2 nitrogen and oxygen atoms in total. The molecule has 0 atom stereocenters. The van der Waals surface area contributed by atoms with Crippen molar-refractivity contribution in [2.75, 3.05) is 7.11 Å². The summed E-state index contributed by atoms with van der Waals surface area (Å²) in [5, 5.41) is 2.96. The topological polar surface area (TPSA) is 14.2 Å². The molecule has 0 N–H and O–H groups in total. The maximum atomic E-state index is 6.57. The first-order valence-electron chi connectivity index (χ1n) is 7.11. The summed E-state index contributed by atoms with van der Waals surface area (Å²) in [4.78, 5) is 0. The summed E-state index contributed by atoms with van der Waals surface area (Å²) in [5.74, 6) is 0.772. The number of benzene rings is 3. The van der Waals surface area contributed by atoms with Gasteiger partial charge in [0.15, 0.2) is 0 Å². The van der Waals surface area contributed by atoms with Crippen molar-refractivity contribution in [1.29, 1.82) is 0 Å². The van der Waals surface area contributed by atoms with E-state index in [0.717, 1.165) is 27.9 Å². The smallest absolute Gasteiger partial charge is 0.121 e. The van der Waals surface area contributed by atoms with E-state index >= 15 is 0 Å². The van der Waals surface area contributed by atoms with Gasteiger partial charge in [-0.2, -0.15) is 0 Å². The lowest BCUT2D eigenvalue weighted by molar-refractivity contribution is 0.415. The molecule has 4 rings (SSSR count). The van der Waals surface area contributed by atoms with E-state index in [4.69, 9.17) is 16.3 Å². The van der Waals surface area contributed by atoms with Crippen LogP contribution >= 0.6 is 11.6 Å². The second-order valence-corrected chi connectivity index (χ2v) is 5.60. The third kappa shape index (κ3) is 1.88. The summed E-state index contributed by atoms with van der Waals surface area (Å²) in [5.41, 5.74) is 3.24. The molecule has 0 aliphatic carbocycles. The third-order valence-electron chi connectivity index (χ3n) is 3.95. The Morgan fingerprint density at radius 3 is 2.36 bits per heavy atom. The van der Waals surface area contributed by atoms with Crippen molar-refractivity contribution in [2.24, 2.45) is 0 Å². The van der Waals surface area contributed by atoms with Crippen LogP contribution in [0.5, 0.6) is 5.75 Å². The average Bonchev–Trinajstić information content (AvgIpc) is 2.91. The van der Waals surface area contributed by atoms with Crippen molar-refractivity contribution in [3.63, 3.8) is 0 Å². The Hall–Kier alpha value is -2.45. The molecular formula is C19H14ClNO. The minimum Gasteiger partial charge on any atom is -0.497 e. The van der Waals surface area contributed by atoms with Crippen LogP contribution in [0.3, 0.4) is 0 Å². The van der Waals surface area contributed by atoms with Gasteiger partial charge in [0.25, 0.3) is 0 Å². The monoisotopic (exact) mass is 307 g/mol. The van der Waals surface area contributed by atoms with Crippen LogP contribution in [0.1, 0.15) is 0 Å². The Kier molecular flexibility index (Phi) is 3.05. The van der Waals surface area contributed by atoms with Crippen LogP contribution in [-0.2, 0) is 0 Å². The SMILES string of the molecule is COc1cc(Cl)c2c(c1)c1ccccc1n2-c1ccccc1. The Morgan fingerprint density at radius 2 is 1.59 bits per heavy atom. The molecule has 4 aromatic rings. The van der Waals surface area contributed by atoms with E-state index in [2.05, 4.69) is 28.8 Å². The molecule has 0 aliphatic heterocycles.